The van der Waals surface area contributed by atoms with Gasteiger partial charge in [-0.15, -0.1) is 0 Å². The fourth-order valence-electron chi connectivity index (χ4n) is 6.15. The lowest BCUT2D eigenvalue weighted by molar-refractivity contribution is -0.140. The molecule has 5 rings (SSSR count). The van der Waals surface area contributed by atoms with Crippen molar-refractivity contribution in [2.45, 2.75) is 74.4 Å². The van der Waals surface area contributed by atoms with Gasteiger partial charge in [0, 0.05) is 23.4 Å². The highest BCUT2D eigenvalue weighted by atomic mass is 127. The van der Waals surface area contributed by atoms with Crippen LogP contribution in [0.15, 0.2) is 65.5 Å². The third-order valence-corrected chi connectivity index (χ3v) is 8.56. The van der Waals surface area contributed by atoms with Gasteiger partial charge in [0.25, 0.3) is 5.56 Å². The number of pyridine rings is 1. The molecule has 2 aromatic carbocycles. The van der Waals surface area contributed by atoms with E-state index >= 15 is 0 Å². The van der Waals surface area contributed by atoms with Crippen LogP contribution in [0, 0.1) is 5.92 Å². The molecule has 0 bridgehead atoms. The smallest absolute Gasteiger partial charge is 0.256 e. The van der Waals surface area contributed by atoms with Crippen LogP contribution in [-0.2, 0) is 15.9 Å². The predicted molar refractivity (Wildman–Crippen MR) is 146 cm³/mol. The molecule has 2 aliphatic rings. The van der Waals surface area contributed by atoms with Crippen LogP contribution >= 0.6 is 22.6 Å². The molecule has 1 amide bonds. The van der Waals surface area contributed by atoms with Crippen molar-refractivity contribution < 1.29 is 4.79 Å². The van der Waals surface area contributed by atoms with E-state index in [1.165, 1.54) is 12.0 Å². The van der Waals surface area contributed by atoms with Crippen LogP contribution in [0.1, 0.15) is 68.4 Å². The van der Waals surface area contributed by atoms with Gasteiger partial charge in [-0.1, -0.05) is 96.8 Å². The number of halogens is 1. The van der Waals surface area contributed by atoms with Crippen LogP contribution in [0.5, 0.6) is 0 Å². The summed E-state index contributed by atoms with van der Waals surface area (Å²) < 4.78 is 2.44. The zero-order valence-electron chi connectivity index (χ0n) is 19.7. The maximum Gasteiger partial charge on any atom is 0.256 e. The molecule has 2 fully saturated rings. The first-order valence-corrected chi connectivity index (χ1v) is 14.2. The zero-order chi connectivity index (χ0) is 23.5. The van der Waals surface area contributed by atoms with Crippen molar-refractivity contribution in [1.29, 1.82) is 0 Å². The van der Waals surface area contributed by atoms with Gasteiger partial charge in [-0.3, -0.25) is 14.2 Å². The zero-order valence-corrected chi connectivity index (χ0v) is 21.8. The third kappa shape index (κ3) is 4.68. The minimum absolute atomic E-state index is 0.0313. The molecule has 5 heteroatoms. The standard InChI is InChI=1S/C29H33IN2O2/c30-20-32-26-16-8-7-14-23(26)18-24(29(32)34)19-31(28(33)22-12-5-2-6-13-22)27-17-9-15-25(27)21-10-3-1-4-11-21/h1,3-4,7-8,10-11,14,16,18,22,25,27H,2,5-6,9,12-13,15,17,19-20H2. The lowest BCUT2D eigenvalue weighted by atomic mass is 9.86. The average molecular weight is 568 g/mol. The van der Waals surface area contributed by atoms with Gasteiger partial charge in [0.05, 0.1) is 16.6 Å². The maximum atomic E-state index is 14.0. The minimum Gasteiger partial charge on any atom is -0.334 e. The fourth-order valence-corrected chi connectivity index (χ4v) is 6.83. The van der Waals surface area contributed by atoms with Crippen molar-refractivity contribution in [1.82, 2.24) is 9.47 Å². The first-order chi connectivity index (χ1) is 16.7. The van der Waals surface area contributed by atoms with Gasteiger partial charge in [0.1, 0.15) is 0 Å². The Labute approximate surface area is 215 Å². The van der Waals surface area contributed by atoms with E-state index in [9.17, 15) is 9.59 Å². The Morgan fingerprint density at radius 1 is 0.912 bits per heavy atom. The highest BCUT2D eigenvalue weighted by Crippen LogP contribution is 2.40. The van der Waals surface area contributed by atoms with Gasteiger partial charge in [0.2, 0.25) is 5.91 Å². The molecule has 0 radical (unpaired) electrons. The Bertz CT molecular complexity index is 1200. The molecule has 0 spiro atoms. The molecule has 3 aromatic rings. The predicted octanol–water partition coefficient (Wildman–Crippen LogP) is 6.64. The van der Waals surface area contributed by atoms with Gasteiger partial charge in [-0.2, -0.15) is 0 Å². The van der Waals surface area contributed by atoms with E-state index in [1.54, 1.807) is 0 Å². The van der Waals surface area contributed by atoms with Gasteiger partial charge < -0.3 is 4.90 Å². The molecule has 2 unspecified atom stereocenters. The van der Waals surface area contributed by atoms with E-state index < -0.39 is 0 Å². The number of carbonyl (C=O) groups excluding carboxylic acids is 1. The van der Waals surface area contributed by atoms with Crippen LogP contribution in [0.2, 0.25) is 0 Å². The molecule has 0 N–H and O–H groups in total. The highest BCUT2D eigenvalue weighted by Gasteiger charge is 2.38. The monoisotopic (exact) mass is 568 g/mol. The van der Waals surface area contributed by atoms with Gasteiger partial charge in [-0.05, 0) is 48.8 Å². The normalized spacial score (nSPS) is 21.1. The van der Waals surface area contributed by atoms with E-state index in [1.807, 2.05) is 28.8 Å². The Hall–Kier alpha value is -2.15. The summed E-state index contributed by atoms with van der Waals surface area (Å²) in [6.07, 6.45) is 8.68. The first kappa shape index (κ1) is 23.6. The molecule has 2 atom stereocenters. The topological polar surface area (TPSA) is 42.3 Å². The molecule has 178 valence electrons. The van der Waals surface area contributed by atoms with E-state index in [2.05, 4.69) is 63.9 Å². The summed E-state index contributed by atoms with van der Waals surface area (Å²) in [5, 5.41) is 1.06. The van der Waals surface area contributed by atoms with E-state index in [-0.39, 0.29) is 23.4 Å². The Morgan fingerprint density at radius 2 is 1.65 bits per heavy atom. The van der Waals surface area contributed by atoms with E-state index in [4.69, 9.17) is 0 Å². The number of amides is 1. The van der Waals surface area contributed by atoms with Crippen molar-refractivity contribution in [2.24, 2.45) is 5.92 Å². The van der Waals surface area contributed by atoms with Crippen LogP contribution in [-0.4, -0.2) is 21.4 Å². The number of nitrogens with zero attached hydrogens (tertiary/aromatic N) is 2. The summed E-state index contributed by atoms with van der Waals surface area (Å²) in [6, 6.07) is 20.9. The van der Waals surface area contributed by atoms with Crippen molar-refractivity contribution in [2.75, 3.05) is 0 Å². The molecule has 0 aliphatic heterocycles. The number of fused-ring (bicyclic) bond motifs is 1. The average Bonchev–Trinajstić information content (AvgIpc) is 3.38. The van der Waals surface area contributed by atoms with Gasteiger partial charge >= 0.3 is 0 Å². The number of aromatic nitrogens is 1. The summed E-state index contributed by atoms with van der Waals surface area (Å²) in [5.74, 6) is 0.695. The molecule has 1 aromatic heterocycles. The Morgan fingerprint density at radius 3 is 2.41 bits per heavy atom. The van der Waals surface area contributed by atoms with E-state index in [0.29, 0.717) is 17.0 Å². The molecular weight excluding hydrogens is 535 g/mol. The largest absolute Gasteiger partial charge is 0.334 e. The maximum absolute atomic E-state index is 14.0. The molecule has 2 aliphatic carbocycles. The molecule has 1 heterocycles. The van der Waals surface area contributed by atoms with Crippen molar-refractivity contribution in [3.8, 4) is 0 Å². The van der Waals surface area contributed by atoms with Crippen LogP contribution in [0.4, 0.5) is 0 Å². The van der Waals surface area contributed by atoms with Gasteiger partial charge in [0.15, 0.2) is 0 Å². The van der Waals surface area contributed by atoms with Crippen molar-refractivity contribution >= 4 is 39.4 Å². The number of hydrogen-bond acceptors (Lipinski definition) is 2. The summed E-state index contributed by atoms with van der Waals surface area (Å²) in [5.41, 5.74) is 3.04. The molecule has 4 nitrogen and oxygen atoms in total. The van der Waals surface area contributed by atoms with Crippen molar-refractivity contribution in [3.05, 3.63) is 82.1 Å². The van der Waals surface area contributed by atoms with Gasteiger partial charge in [-0.25, -0.2) is 0 Å². The Kier molecular flexibility index (Phi) is 7.37. The fraction of sp³-hybridized carbons (Fsp3) is 0.448. The Balaban J connectivity index is 1.54. The lowest BCUT2D eigenvalue weighted by Gasteiger charge is -2.37. The quantitative estimate of drug-likeness (QED) is 0.247. The SMILES string of the molecule is O=C(C1CCCCC1)N(Cc1cc2ccccc2n(CI)c1=O)C1CCCC1c1ccccc1. The molecule has 2 saturated carbocycles. The van der Waals surface area contributed by atoms with Crippen LogP contribution < -0.4 is 5.56 Å². The second-order valence-electron chi connectivity index (χ2n) is 9.90. The first-order valence-electron chi connectivity index (χ1n) is 12.7. The highest BCUT2D eigenvalue weighted by molar-refractivity contribution is 14.1. The molecule has 0 saturated heterocycles. The van der Waals surface area contributed by atoms with E-state index in [0.717, 1.165) is 61.4 Å². The van der Waals surface area contributed by atoms with Crippen molar-refractivity contribution in [3.63, 3.8) is 0 Å². The summed E-state index contributed by atoms with van der Waals surface area (Å²) in [6.45, 7) is 0.406. The minimum atomic E-state index is 0.0313. The molecule has 34 heavy (non-hydrogen) atoms. The number of alkyl halides is 1. The number of hydrogen-bond donors (Lipinski definition) is 0. The summed E-state index contributed by atoms with van der Waals surface area (Å²) in [4.78, 5) is 29.7. The number of rotatable bonds is 6. The van der Waals surface area contributed by atoms with Crippen LogP contribution in [0.3, 0.4) is 0 Å². The second kappa shape index (κ2) is 10.6. The molecular formula is C29H33IN2O2. The summed E-state index contributed by atoms with van der Waals surface area (Å²) >= 11 is 2.26. The van der Waals surface area contributed by atoms with Crippen LogP contribution in [0.25, 0.3) is 10.9 Å². The number of para-hydroxylation sites is 1. The number of carbonyl (C=O) groups is 1. The second-order valence-corrected chi connectivity index (χ2v) is 10.6. The lowest BCUT2D eigenvalue weighted by Crippen LogP contribution is -2.45. The third-order valence-electron chi connectivity index (χ3n) is 7.88. The summed E-state index contributed by atoms with van der Waals surface area (Å²) in [7, 11) is 0. The number of benzene rings is 2.